The van der Waals surface area contributed by atoms with E-state index in [2.05, 4.69) is 19.9 Å². The Morgan fingerprint density at radius 3 is 2.15 bits per heavy atom. The van der Waals surface area contributed by atoms with Crippen LogP contribution in [-0.2, 0) is 10.0 Å². The summed E-state index contributed by atoms with van der Waals surface area (Å²) in [5.74, 6) is 2.18. The van der Waals surface area contributed by atoms with Gasteiger partial charge in [-0.1, -0.05) is 42.5 Å². The molecule has 2 aromatic heterocycles. The first kappa shape index (κ1) is 21.3. The summed E-state index contributed by atoms with van der Waals surface area (Å²) in [6, 6.07) is 18.9. The summed E-state index contributed by atoms with van der Waals surface area (Å²) in [5.41, 5.74) is 2.05. The zero-order valence-corrected chi connectivity index (χ0v) is 19.1. The van der Waals surface area contributed by atoms with Gasteiger partial charge in [-0.15, -0.1) is 0 Å². The topological polar surface area (TPSA) is 84.2 Å². The van der Waals surface area contributed by atoms with Gasteiger partial charge in [0.25, 0.3) is 0 Å². The summed E-state index contributed by atoms with van der Waals surface area (Å²) in [6.07, 6.45) is 5.23. The van der Waals surface area contributed by atoms with Crippen LogP contribution in [0.4, 0.5) is 5.82 Å². The van der Waals surface area contributed by atoms with E-state index in [1.807, 2.05) is 66.2 Å². The van der Waals surface area contributed by atoms with Gasteiger partial charge in [-0.05, 0) is 30.2 Å². The standard InChI is InChI=1S/C24H24N6O2S/c1-19-26-23(17-24(27-19)29-12-11-25-18-29)28-13-15-30(16-14-28)33(31,32)22-9-7-21(8-10-22)20-5-3-2-4-6-20/h2-12,17-18H,13-16H2,1H3. The van der Waals surface area contributed by atoms with E-state index in [0.29, 0.717) is 36.9 Å². The molecule has 1 aliphatic heterocycles. The predicted molar refractivity (Wildman–Crippen MR) is 127 cm³/mol. The number of aryl methyl sites for hydroxylation is 1. The van der Waals surface area contributed by atoms with Crippen molar-refractivity contribution in [2.24, 2.45) is 0 Å². The molecule has 1 saturated heterocycles. The molecule has 0 amide bonds. The van der Waals surface area contributed by atoms with Gasteiger partial charge in [0.15, 0.2) is 0 Å². The van der Waals surface area contributed by atoms with Gasteiger partial charge in [0.2, 0.25) is 10.0 Å². The molecule has 0 atom stereocenters. The molecule has 0 radical (unpaired) electrons. The van der Waals surface area contributed by atoms with Crippen LogP contribution in [0.25, 0.3) is 16.9 Å². The first-order valence-electron chi connectivity index (χ1n) is 10.8. The number of anilines is 1. The molecular formula is C24H24N6O2S. The van der Waals surface area contributed by atoms with Gasteiger partial charge >= 0.3 is 0 Å². The van der Waals surface area contributed by atoms with E-state index >= 15 is 0 Å². The normalized spacial score (nSPS) is 15.0. The van der Waals surface area contributed by atoms with Crippen molar-refractivity contribution in [2.45, 2.75) is 11.8 Å². The first-order valence-corrected chi connectivity index (χ1v) is 12.2. The first-order chi connectivity index (χ1) is 16.0. The molecule has 0 N–H and O–H groups in total. The minimum Gasteiger partial charge on any atom is -0.354 e. The molecule has 33 heavy (non-hydrogen) atoms. The SMILES string of the molecule is Cc1nc(N2CCN(S(=O)(=O)c3ccc(-c4ccccc4)cc3)CC2)cc(-n2ccnc2)n1. The summed E-state index contributed by atoms with van der Waals surface area (Å²) < 4.78 is 29.8. The number of sulfonamides is 1. The van der Waals surface area contributed by atoms with Crippen LogP contribution in [-0.4, -0.2) is 58.4 Å². The van der Waals surface area contributed by atoms with Gasteiger partial charge < -0.3 is 4.90 Å². The zero-order chi connectivity index (χ0) is 22.8. The van der Waals surface area contributed by atoms with Crippen molar-refractivity contribution in [3.8, 4) is 16.9 Å². The van der Waals surface area contributed by atoms with Crippen LogP contribution >= 0.6 is 0 Å². The maximum atomic E-state index is 13.2. The van der Waals surface area contributed by atoms with Gasteiger partial charge in [0, 0.05) is 44.6 Å². The lowest BCUT2D eigenvalue weighted by molar-refractivity contribution is 0.383. The number of benzene rings is 2. The minimum absolute atomic E-state index is 0.316. The summed E-state index contributed by atoms with van der Waals surface area (Å²) >= 11 is 0. The third kappa shape index (κ3) is 4.37. The number of rotatable bonds is 5. The van der Waals surface area contributed by atoms with Gasteiger partial charge in [0.05, 0.1) is 4.90 Å². The molecule has 0 saturated carbocycles. The Bertz CT molecular complexity index is 1330. The monoisotopic (exact) mass is 460 g/mol. The van der Waals surface area contributed by atoms with Crippen molar-refractivity contribution < 1.29 is 8.42 Å². The van der Waals surface area contributed by atoms with Gasteiger partial charge in [-0.3, -0.25) is 4.57 Å². The van der Waals surface area contributed by atoms with Crippen LogP contribution < -0.4 is 4.90 Å². The highest BCUT2D eigenvalue weighted by molar-refractivity contribution is 7.89. The Hall–Kier alpha value is -3.56. The highest BCUT2D eigenvalue weighted by Gasteiger charge is 2.29. The van der Waals surface area contributed by atoms with Crippen LogP contribution in [0.15, 0.2) is 84.3 Å². The Morgan fingerprint density at radius 2 is 1.48 bits per heavy atom. The number of hydrogen-bond donors (Lipinski definition) is 0. The Labute approximate surface area is 193 Å². The average molecular weight is 461 g/mol. The van der Waals surface area contributed by atoms with E-state index in [9.17, 15) is 8.42 Å². The van der Waals surface area contributed by atoms with Crippen LogP contribution in [0.3, 0.4) is 0 Å². The van der Waals surface area contributed by atoms with Crippen molar-refractivity contribution in [1.82, 2.24) is 23.8 Å². The second-order valence-electron chi connectivity index (χ2n) is 7.88. The van der Waals surface area contributed by atoms with Crippen LogP contribution in [0, 0.1) is 6.92 Å². The third-order valence-corrected chi connectivity index (χ3v) is 7.65. The fourth-order valence-electron chi connectivity index (χ4n) is 3.98. The van der Waals surface area contributed by atoms with Crippen molar-refractivity contribution in [3.63, 3.8) is 0 Å². The fourth-order valence-corrected chi connectivity index (χ4v) is 5.40. The molecular weight excluding hydrogens is 436 g/mol. The Balaban J connectivity index is 1.30. The maximum absolute atomic E-state index is 13.2. The lowest BCUT2D eigenvalue weighted by Crippen LogP contribution is -2.49. The fraction of sp³-hybridized carbons (Fsp3) is 0.208. The van der Waals surface area contributed by atoms with E-state index < -0.39 is 10.0 Å². The van der Waals surface area contributed by atoms with Crippen molar-refractivity contribution >= 4 is 15.8 Å². The molecule has 0 aliphatic carbocycles. The van der Waals surface area contributed by atoms with Crippen molar-refractivity contribution in [3.05, 3.63) is 85.2 Å². The molecule has 3 heterocycles. The zero-order valence-electron chi connectivity index (χ0n) is 18.2. The summed E-state index contributed by atoms with van der Waals surface area (Å²) in [4.78, 5) is 15.5. The van der Waals surface area contributed by atoms with E-state index in [-0.39, 0.29) is 0 Å². The molecule has 1 aliphatic rings. The Kier molecular flexibility index (Phi) is 5.65. The van der Waals surface area contributed by atoms with Crippen LogP contribution in [0.1, 0.15) is 5.82 Å². The summed E-state index contributed by atoms with van der Waals surface area (Å²) in [7, 11) is -3.56. The van der Waals surface area contributed by atoms with Crippen LogP contribution in [0.2, 0.25) is 0 Å². The number of imidazole rings is 1. The summed E-state index contributed by atoms with van der Waals surface area (Å²) in [6.45, 7) is 3.75. The predicted octanol–water partition coefficient (Wildman–Crippen LogP) is 3.15. The molecule has 0 unspecified atom stereocenters. The van der Waals surface area contributed by atoms with E-state index in [1.165, 1.54) is 0 Å². The second kappa shape index (κ2) is 8.76. The molecule has 8 nitrogen and oxygen atoms in total. The molecule has 2 aromatic carbocycles. The molecule has 4 aromatic rings. The van der Waals surface area contributed by atoms with E-state index in [0.717, 1.165) is 22.8 Å². The van der Waals surface area contributed by atoms with Gasteiger partial charge in [-0.2, -0.15) is 4.31 Å². The number of aromatic nitrogens is 4. The third-order valence-electron chi connectivity index (χ3n) is 5.74. The molecule has 9 heteroatoms. The quantitative estimate of drug-likeness (QED) is 0.455. The lowest BCUT2D eigenvalue weighted by Gasteiger charge is -2.34. The minimum atomic E-state index is -3.56. The Morgan fingerprint density at radius 1 is 0.818 bits per heavy atom. The summed E-state index contributed by atoms with van der Waals surface area (Å²) in [5, 5.41) is 0. The van der Waals surface area contributed by atoms with Crippen molar-refractivity contribution in [2.75, 3.05) is 31.1 Å². The van der Waals surface area contributed by atoms with Gasteiger partial charge in [-0.25, -0.2) is 23.4 Å². The molecule has 168 valence electrons. The van der Waals surface area contributed by atoms with E-state index in [4.69, 9.17) is 0 Å². The van der Waals surface area contributed by atoms with Crippen molar-refractivity contribution in [1.29, 1.82) is 0 Å². The lowest BCUT2D eigenvalue weighted by atomic mass is 10.1. The average Bonchev–Trinajstić information content (AvgIpc) is 3.40. The van der Waals surface area contributed by atoms with Crippen LogP contribution in [0.5, 0.6) is 0 Å². The molecule has 1 fully saturated rings. The maximum Gasteiger partial charge on any atom is 0.243 e. The number of piperazine rings is 1. The molecule has 0 spiro atoms. The number of nitrogens with zero attached hydrogens (tertiary/aromatic N) is 6. The molecule has 0 bridgehead atoms. The van der Waals surface area contributed by atoms with E-state index in [1.54, 1.807) is 29.0 Å². The smallest absolute Gasteiger partial charge is 0.243 e. The highest BCUT2D eigenvalue weighted by atomic mass is 32.2. The second-order valence-corrected chi connectivity index (χ2v) is 9.82. The number of hydrogen-bond acceptors (Lipinski definition) is 6. The highest BCUT2D eigenvalue weighted by Crippen LogP contribution is 2.24. The molecule has 5 rings (SSSR count). The van der Waals surface area contributed by atoms with Gasteiger partial charge in [0.1, 0.15) is 23.8 Å². The largest absolute Gasteiger partial charge is 0.354 e.